The van der Waals surface area contributed by atoms with Crippen molar-refractivity contribution in [3.63, 3.8) is 0 Å². The standard InChI is InChI=1S/C34H43N5O6/c1-6-20-14-22-10-8-7-9-11-25-30(37-26-15-21(18-35)12-13-24(26)36-25)44-23-17-27(32(41)43-5)39(19-23)31(40)29(34(2,3)4)38-33(42)45-28(22)16-20/h6,12-13,15,20,22-23,27-29H,1,7-11,14,16-17,19H2,2-5H3,(H,38,42)/t20-,22-,23-,27+,28-,29-/m1/s1. The van der Waals surface area contributed by atoms with Gasteiger partial charge in [-0.1, -0.05) is 39.7 Å². The van der Waals surface area contributed by atoms with Crippen molar-refractivity contribution in [3.05, 3.63) is 42.1 Å². The summed E-state index contributed by atoms with van der Waals surface area (Å²) < 4.78 is 17.5. The molecule has 1 saturated carbocycles. The number of nitrogens with zero attached hydrogens (tertiary/aromatic N) is 4. The Balaban J connectivity index is 1.51. The van der Waals surface area contributed by atoms with Crippen LogP contribution in [-0.4, -0.2) is 70.8 Å². The lowest BCUT2D eigenvalue weighted by Gasteiger charge is -2.35. The van der Waals surface area contributed by atoms with Gasteiger partial charge in [0.1, 0.15) is 30.0 Å². The fraction of sp³-hybridized carbons (Fsp3) is 0.588. The molecule has 11 heteroatoms. The maximum absolute atomic E-state index is 14.2. The smallest absolute Gasteiger partial charge is 0.408 e. The highest BCUT2D eigenvalue weighted by molar-refractivity contribution is 5.91. The van der Waals surface area contributed by atoms with Crippen molar-refractivity contribution < 1.29 is 28.6 Å². The number of methoxy groups -OCH3 is 1. The Labute approximate surface area is 264 Å². The van der Waals surface area contributed by atoms with Gasteiger partial charge in [0.05, 0.1) is 36.3 Å². The second kappa shape index (κ2) is 13.4. The molecule has 2 aromatic rings. The molecule has 11 nitrogen and oxygen atoms in total. The van der Waals surface area contributed by atoms with E-state index in [1.165, 1.54) is 12.0 Å². The number of alkyl carbamates (subject to hydrolysis) is 1. The summed E-state index contributed by atoms with van der Waals surface area (Å²) in [7, 11) is 1.28. The lowest BCUT2D eigenvalue weighted by molar-refractivity contribution is -0.152. The van der Waals surface area contributed by atoms with Crippen LogP contribution in [0.5, 0.6) is 5.88 Å². The molecule has 45 heavy (non-hydrogen) atoms. The van der Waals surface area contributed by atoms with Gasteiger partial charge in [0.15, 0.2) is 0 Å². The van der Waals surface area contributed by atoms with Crippen LogP contribution >= 0.6 is 0 Å². The summed E-state index contributed by atoms with van der Waals surface area (Å²) >= 11 is 0. The lowest BCUT2D eigenvalue weighted by atomic mass is 9.85. The number of hydrogen-bond donors (Lipinski definition) is 1. The molecule has 1 aromatic carbocycles. The Morgan fingerprint density at radius 2 is 1.93 bits per heavy atom. The van der Waals surface area contributed by atoms with Gasteiger partial charge in [-0.15, -0.1) is 6.58 Å². The quantitative estimate of drug-likeness (QED) is 0.369. The Hall–Kier alpha value is -4.20. The van der Waals surface area contributed by atoms with Crippen molar-refractivity contribution in [1.82, 2.24) is 20.2 Å². The van der Waals surface area contributed by atoms with Gasteiger partial charge in [-0.25, -0.2) is 19.6 Å². The average molecular weight is 618 g/mol. The fourth-order valence-corrected chi connectivity index (χ4v) is 6.79. The van der Waals surface area contributed by atoms with Gasteiger partial charge in [-0.2, -0.15) is 5.26 Å². The molecule has 2 aliphatic heterocycles. The number of aryl methyl sites for hydroxylation is 1. The summed E-state index contributed by atoms with van der Waals surface area (Å²) in [5.74, 6) is -0.197. The van der Waals surface area contributed by atoms with E-state index in [2.05, 4.69) is 18.0 Å². The normalized spacial score (nSPS) is 27.9. The summed E-state index contributed by atoms with van der Waals surface area (Å²) in [4.78, 5) is 51.5. The summed E-state index contributed by atoms with van der Waals surface area (Å²) in [6, 6.07) is 5.43. The zero-order valence-electron chi connectivity index (χ0n) is 26.6. The highest BCUT2D eigenvalue weighted by Crippen LogP contribution is 2.38. The first-order valence-electron chi connectivity index (χ1n) is 15.9. The number of allylic oxidation sites excluding steroid dienone is 1. The van der Waals surface area contributed by atoms with E-state index in [-0.39, 0.29) is 30.9 Å². The molecule has 240 valence electrons. The number of benzene rings is 1. The van der Waals surface area contributed by atoms with E-state index in [9.17, 15) is 19.6 Å². The highest BCUT2D eigenvalue weighted by atomic mass is 16.6. The van der Waals surface area contributed by atoms with Crippen LogP contribution in [0.25, 0.3) is 11.0 Å². The number of ether oxygens (including phenoxy) is 3. The van der Waals surface area contributed by atoms with Crippen molar-refractivity contribution in [2.75, 3.05) is 13.7 Å². The predicted octanol–water partition coefficient (Wildman–Crippen LogP) is 4.86. The lowest BCUT2D eigenvalue weighted by Crippen LogP contribution is -2.57. The first-order valence-corrected chi connectivity index (χ1v) is 15.9. The number of fused-ring (bicyclic) bond motifs is 5. The van der Waals surface area contributed by atoms with Gasteiger partial charge >= 0.3 is 12.1 Å². The van der Waals surface area contributed by atoms with Gasteiger partial charge in [-0.05, 0) is 67.6 Å². The average Bonchev–Trinajstić information content (AvgIpc) is 3.61. The predicted molar refractivity (Wildman–Crippen MR) is 166 cm³/mol. The maximum atomic E-state index is 14.2. The minimum atomic E-state index is -0.967. The van der Waals surface area contributed by atoms with Crippen LogP contribution in [0.1, 0.15) is 77.0 Å². The Bertz CT molecular complexity index is 1500. The zero-order chi connectivity index (χ0) is 32.3. The zero-order valence-corrected chi connectivity index (χ0v) is 26.6. The number of carbonyl (C=O) groups is 3. The highest BCUT2D eigenvalue weighted by Gasteiger charge is 2.47. The number of hydrogen-bond acceptors (Lipinski definition) is 9. The van der Waals surface area contributed by atoms with E-state index in [0.29, 0.717) is 41.0 Å². The number of nitrogens with one attached hydrogen (secondary N) is 1. The first kappa shape index (κ1) is 32.2. The van der Waals surface area contributed by atoms with Crippen molar-refractivity contribution in [3.8, 4) is 11.9 Å². The molecule has 1 N–H and O–H groups in total. The largest absolute Gasteiger partial charge is 0.471 e. The van der Waals surface area contributed by atoms with Crippen molar-refractivity contribution >= 4 is 29.0 Å². The van der Waals surface area contributed by atoms with E-state index in [0.717, 1.165) is 32.1 Å². The maximum Gasteiger partial charge on any atom is 0.408 e. The van der Waals surface area contributed by atoms with E-state index in [1.807, 2.05) is 26.8 Å². The molecule has 2 amide bonds. The molecule has 1 aromatic heterocycles. The topological polar surface area (TPSA) is 144 Å². The second-order valence-corrected chi connectivity index (χ2v) is 13.5. The monoisotopic (exact) mass is 617 g/mol. The van der Waals surface area contributed by atoms with Gasteiger partial charge < -0.3 is 24.4 Å². The number of rotatable bonds is 2. The van der Waals surface area contributed by atoms with Crippen LogP contribution < -0.4 is 10.1 Å². The molecule has 2 fully saturated rings. The summed E-state index contributed by atoms with van der Waals surface area (Å²) in [6.07, 6.45) is 6.52. The molecule has 2 bridgehead atoms. The number of amides is 2. The van der Waals surface area contributed by atoms with Crippen LogP contribution in [0.4, 0.5) is 4.79 Å². The third-order valence-corrected chi connectivity index (χ3v) is 9.25. The first-order chi connectivity index (χ1) is 21.5. The number of carbonyl (C=O) groups excluding carboxylic acids is 3. The molecule has 5 rings (SSSR count). The summed E-state index contributed by atoms with van der Waals surface area (Å²) in [6.45, 7) is 9.63. The number of esters is 1. The van der Waals surface area contributed by atoms with E-state index < -0.39 is 41.6 Å². The second-order valence-electron chi connectivity index (χ2n) is 13.5. The number of aromatic nitrogens is 2. The van der Waals surface area contributed by atoms with Crippen molar-refractivity contribution in [2.24, 2.45) is 17.3 Å². The van der Waals surface area contributed by atoms with Crippen LogP contribution in [-0.2, 0) is 25.5 Å². The van der Waals surface area contributed by atoms with E-state index in [1.54, 1.807) is 18.2 Å². The SMILES string of the molecule is C=C[C@@H]1C[C@H]2CCCCCc3nc4ccc(C#N)cc4nc3O[C@@H]3C[C@@H](C(=O)OC)N(C3)C(=O)[C@H](C(C)(C)C)NC(=O)O[C@@H]2C1. The molecular formula is C34H43N5O6. The Kier molecular flexibility index (Phi) is 9.61. The molecule has 3 heterocycles. The molecule has 0 unspecified atom stereocenters. The molecule has 6 atom stereocenters. The Morgan fingerprint density at radius 1 is 1.13 bits per heavy atom. The molecule has 3 aliphatic rings. The minimum Gasteiger partial charge on any atom is -0.471 e. The van der Waals surface area contributed by atoms with Crippen LogP contribution in [0.2, 0.25) is 0 Å². The fourth-order valence-electron chi connectivity index (χ4n) is 6.79. The van der Waals surface area contributed by atoms with Gasteiger partial charge in [0.2, 0.25) is 11.8 Å². The number of nitriles is 1. The molecule has 0 spiro atoms. The van der Waals surface area contributed by atoms with Crippen LogP contribution in [0, 0.1) is 28.6 Å². The van der Waals surface area contributed by atoms with Gasteiger partial charge in [0.25, 0.3) is 0 Å². The molecule has 0 radical (unpaired) electrons. The van der Waals surface area contributed by atoms with E-state index >= 15 is 0 Å². The Morgan fingerprint density at radius 3 is 2.64 bits per heavy atom. The summed E-state index contributed by atoms with van der Waals surface area (Å²) in [5.41, 5.74) is 1.67. The molecule has 1 saturated heterocycles. The third kappa shape index (κ3) is 7.21. The van der Waals surface area contributed by atoms with Crippen molar-refractivity contribution in [1.29, 1.82) is 5.26 Å². The molecule has 1 aliphatic carbocycles. The van der Waals surface area contributed by atoms with Gasteiger partial charge in [-0.3, -0.25) is 4.79 Å². The van der Waals surface area contributed by atoms with Crippen molar-refractivity contribution in [2.45, 2.75) is 96.4 Å². The van der Waals surface area contributed by atoms with Crippen LogP contribution in [0.15, 0.2) is 30.9 Å². The molecular weight excluding hydrogens is 574 g/mol. The third-order valence-electron chi connectivity index (χ3n) is 9.25. The van der Waals surface area contributed by atoms with E-state index in [4.69, 9.17) is 24.2 Å². The van der Waals surface area contributed by atoms with Gasteiger partial charge in [0, 0.05) is 6.42 Å². The van der Waals surface area contributed by atoms with Crippen LogP contribution in [0.3, 0.4) is 0 Å². The summed E-state index contributed by atoms with van der Waals surface area (Å²) in [5, 5.41) is 12.3. The minimum absolute atomic E-state index is 0.0883.